The molecule has 2 atom stereocenters. The van der Waals surface area contributed by atoms with E-state index in [0.29, 0.717) is 18.4 Å². The monoisotopic (exact) mass is 212 g/mol. The number of nitrogens with zero attached hydrogens (tertiary/aromatic N) is 2. The molecule has 4 heteroatoms. The van der Waals surface area contributed by atoms with Gasteiger partial charge in [-0.05, 0) is 38.9 Å². The Balaban J connectivity index is 1.79. The average Bonchev–Trinajstić information content (AvgIpc) is 2.72. The SMILES string of the molecule is CN1CCC(N2CCC(CC(=O)O)C2)C1. The van der Waals surface area contributed by atoms with Crippen molar-refractivity contribution in [3.8, 4) is 0 Å². The molecule has 0 aromatic heterocycles. The summed E-state index contributed by atoms with van der Waals surface area (Å²) >= 11 is 0. The van der Waals surface area contributed by atoms with Crippen LogP contribution in [0.3, 0.4) is 0 Å². The predicted octanol–water partition coefficient (Wildman–Crippen LogP) is 0.487. The second-order valence-electron chi connectivity index (χ2n) is 4.95. The van der Waals surface area contributed by atoms with Crippen molar-refractivity contribution in [2.24, 2.45) is 5.92 Å². The Morgan fingerprint density at radius 2 is 2.13 bits per heavy atom. The highest BCUT2D eigenvalue weighted by molar-refractivity contribution is 5.67. The molecule has 2 aliphatic heterocycles. The standard InChI is InChI=1S/C11H20N2O2/c1-12-4-3-10(8-12)13-5-2-9(7-13)6-11(14)15/h9-10H,2-8H2,1H3,(H,14,15). The number of carbonyl (C=O) groups is 1. The zero-order valence-corrected chi connectivity index (χ0v) is 9.35. The Morgan fingerprint density at radius 1 is 1.33 bits per heavy atom. The van der Waals surface area contributed by atoms with Crippen LogP contribution < -0.4 is 0 Å². The first kappa shape index (κ1) is 10.9. The summed E-state index contributed by atoms with van der Waals surface area (Å²) in [4.78, 5) is 15.4. The van der Waals surface area contributed by atoms with Gasteiger partial charge >= 0.3 is 5.97 Å². The fourth-order valence-electron chi connectivity index (χ4n) is 2.82. The first-order valence-electron chi connectivity index (χ1n) is 5.79. The zero-order valence-electron chi connectivity index (χ0n) is 9.35. The van der Waals surface area contributed by atoms with Gasteiger partial charge in [-0.3, -0.25) is 9.69 Å². The molecule has 0 saturated carbocycles. The average molecular weight is 212 g/mol. The Morgan fingerprint density at radius 3 is 2.73 bits per heavy atom. The molecule has 1 N–H and O–H groups in total. The van der Waals surface area contributed by atoms with Crippen LogP contribution in [0.4, 0.5) is 0 Å². The van der Waals surface area contributed by atoms with E-state index in [9.17, 15) is 4.79 Å². The van der Waals surface area contributed by atoms with Crippen LogP contribution in [-0.4, -0.2) is 60.1 Å². The van der Waals surface area contributed by atoms with Crippen LogP contribution in [0.2, 0.25) is 0 Å². The van der Waals surface area contributed by atoms with Crippen molar-refractivity contribution in [2.75, 3.05) is 33.2 Å². The smallest absolute Gasteiger partial charge is 0.303 e. The highest BCUT2D eigenvalue weighted by Gasteiger charge is 2.32. The summed E-state index contributed by atoms with van der Waals surface area (Å²) in [6.45, 7) is 4.42. The first-order chi connectivity index (χ1) is 7.15. The van der Waals surface area contributed by atoms with Gasteiger partial charge in [-0.1, -0.05) is 0 Å². The van der Waals surface area contributed by atoms with E-state index in [1.165, 1.54) is 13.0 Å². The molecule has 0 aromatic carbocycles. The molecular weight excluding hydrogens is 192 g/mol. The van der Waals surface area contributed by atoms with Gasteiger partial charge in [0.1, 0.15) is 0 Å². The van der Waals surface area contributed by atoms with Crippen molar-refractivity contribution in [1.29, 1.82) is 0 Å². The lowest BCUT2D eigenvalue weighted by atomic mass is 10.1. The van der Waals surface area contributed by atoms with Gasteiger partial charge in [0.05, 0.1) is 0 Å². The molecule has 4 nitrogen and oxygen atoms in total. The zero-order chi connectivity index (χ0) is 10.8. The number of likely N-dealkylation sites (tertiary alicyclic amines) is 2. The van der Waals surface area contributed by atoms with E-state index in [0.717, 1.165) is 26.1 Å². The molecule has 15 heavy (non-hydrogen) atoms. The Hall–Kier alpha value is -0.610. The van der Waals surface area contributed by atoms with Gasteiger partial charge in [0.2, 0.25) is 0 Å². The Kier molecular flexibility index (Phi) is 3.26. The van der Waals surface area contributed by atoms with Gasteiger partial charge in [-0.15, -0.1) is 0 Å². The number of rotatable bonds is 3. The molecule has 2 aliphatic rings. The fourth-order valence-corrected chi connectivity index (χ4v) is 2.82. The highest BCUT2D eigenvalue weighted by Crippen LogP contribution is 2.25. The summed E-state index contributed by atoms with van der Waals surface area (Å²) in [7, 11) is 2.16. The van der Waals surface area contributed by atoms with Crippen LogP contribution >= 0.6 is 0 Å². The number of hydrogen-bond donors (Lipinski definition) is 1. The van der Waals surface area contributed by atoms with E-state index < -0.39 is 5.97 Å². The number of likely N-dealkylation sites (N-methyl/N-ethyl adjacent to an activating group) is 1. The Bertz CT molecular complexity index is 245. The molecule has 0 radical (unpaired) electrons. The van der Waals surface area contributed by atoms with Crippen LogP contribution in [0.25, 0.3) is 0 Å². The summed E-state index contributed by atoms with van der Waals surface area (Å²) in [5.74, 6) is -0.265. The minimum Gasteiger partial charge on any atom is -0.481 e. The van der Waals surface area contributed by atoms with Crippen molar-refractivity contribution in [1.82, 2.24) is 9.80 Å². The van der Waals surface area contributed by atoms with Gasteiger partial charge < -0.3 is 10.0 Å². The summed E-state index contributed by atoms with van der Waals surface area (Å²) in [5.41, 5.74) is 0. The molecule has 0 aliphatic carbocycles. The molecule has 0 bridgehead atoms. The van der Waals surface area contributed by atoms with Crippen LogP contribution in [0.15, 0.2) is 0 Å². The van der Waals surface area contributed by atoms with E-state index in [2.05, 4.69) is 16.8 Å². The third-order valence-electron chi connectivity index (χ3n) is 3.66. The number of hydrogen-bond acceptors (Lipinski definition) is 3. The van der Waals surface area contributed by atoms with Crippen LogP contribution in [0.1, 0.15) is 19.3 Å². The lowest BCUT2D eigenvalue weighted by molar-refractivity contribution is -0.138. The molecule has 2 unspecified atom stereocenters. The van der Waals surface area contributed by atoms with Crippen LogP contribution in [-0.2, 0) is 4.79 Å². The predicted molar refractivity (Wildman–Crippen MR) is 57.8 cm³/mol. The summed E-state index contributed by atoms with van der Waals surface area (Å²) in [6.07, 6.45) is 2.65. The third-order valence-corrected chi connectivity index (χ3v) is 3.66. The molecule has 0 spiro atoms. The van der Waals surface area contributed by atoms with Gasteiger partial charge in [-0.25, -0.2) is 0 Å². The molecule has 2 fully saturated rings. The summed E-state index contributed by atoms with van der Waals surface area (Å²) in [6, 6.07) is 0.675. The fraction of sp³-hybridized carbons (Fsp3) is 0.909. The maximum Gasteiger partial charge on any atom is 0.303 e. The number of carboxylic acids is 1. The quantitative estimate of drug-likeness (QED) is 0.739. The van der Waals surface area contributed by atoms with Gasteiger partial charge in [-0.2, -0.15) is 0 Å². The highest BCUT2D eigenvalue weighted by atomic mass is 16.4. The number of aliphatic carboxylic acids is 1. The first-order valence-corrected chi connectivity index (χ1v) is 5.79. The number of carboxylic acid groups (broad SMARTS) is 1. The van der Waals surface area contributed by atoms with E-state index in [1.807, 2.05) is 0 Å². The van der Waals surface area contributed by atoms with Crippen molar-refractivity contribution in [2.45, 2.75) is 25.3 Å². The second kappa shape index (κ2) is 4.49. The van der Waals surface area contributed by atoms with Crippen LogP contribution in [0, 0.1) is 5.92 Å². The van der Waals surface area contributed by atoms with Crippen LogP contribution in [0.5, 0.6) is 0 Å². The lowest BCUT2D eigenvalue weighted by Crippen LogP contribution is -2.35. The molecule has 0 amide bonds. The minimum atomic E-state index is -0.648. The van der Waals surface area contributed by atoms with Crippen molar-refractivity contribution < 1.29 is 9.90 Å². The van der Waals surface area contributed by atoms with Crippen molar-refractivity contribution in [3.05, 3.63) is 0 Å². The van der Waals surface area contributed by atoms with E-state index in [-0.39, 0.29) is 0 Å². The van der Waals surface area contributed by atoms with E-state index >= 15 is 0 Å². The van der Waals surface area contributed by atoms with Crippen molar-refractivity contribution >= 4 is 5.97 Å². The van der Waals surface area contributed by atoms with E-state index in [1.54, 1.807) is 0 Å². The molecule has 0 aromatic rings. The van der Waals surface area contributed by atoms with Gasteiger partial charge in [0, 0.05) is 25.6 Å². The largest absolute Gasteiger partial charge is 0.481 e. The van der Waals surface area contributed by atoms with Gasteiger partial charge in [0.15, 0.2) is 0 Å². The summed E-state index contributed by atoms with van der Waals surface area (Å²) < 4.78 is 0. The van der Waals surface area contributed by atoms with Crippen molar-refractivity contribution in [3.63, 3.8) is 0 Å². The molecule has 2 rings (SSSR count). The topological polar surface area (TPSA) is 43.8 Å². The van der Waals surface area contributed by atoms with E-state index in [4.69, 9.17) is 5.11 Å². The van der Waals surface area contributed by atoms with Gasteiger partial charge in [0.25, 0.3) is 0 Å². The second-order valence-corrected chi connectivity index (χ2v) is 4.95. The molecule has 86 valence electrons. The minimum absolute atomic E-state index is 0.346. The lowest BCUT2D eigenvalue weighted by Gasteiger charge is -2.23. The maximum absolute atomic E-state index is 10.6. The third kappa shape index (κ3) is 2.69. The normalized spacial score (nSPS) is 33.7. The molecule has 2 heterocycles. The maximum atomic E-state index is 10.6. The molecule has 2 saturated heterocycles. The summed E-state index contributed by atoms with van der Waals surface area (Å²) in [5, 5.41) is 8.74. The Labute approximate surface area is 90.9 Å². The molecular formula is C11H20N2O2.